The molecule has 2 aromatic heterocycles. The molecule has 1 atom stereocenters. The highest BCUT2D eigenvalue weighted by Gasteiger charge is 2.24. The van der Waals surface area contributed by atoms with Crippen LogP contribution in [0.2, 0.25) is 0 Å². The van der Waals surface area contributed by atoms with Gasteiger partial charge in [0.2, 0.25) is 0 Å². The summed E-state index contributed by atoms with van der Waals surface area (Å²) in [5, 5.41) is 16.3. The normalized spacial score (nSPS) is 12.7. The summed E-state index contributed by atoms with van der Waals surface area (Å²) in [6.07, 6.45) is 0.781. The van der Waals surface area contributed by atoms with E-state index in [0.717, 1.165) is 29.1 Å². The first-order valence-electron chi connectivity index (χ1n) is 5.92. The molecule has 7 nitrogen and oxygen atoms in total. The molecule has 0 bridgehead atoms. The van der Waals surface area contributed by atoms with E-state index in [1.54, 1.807) is 4.68 Å². The van der Waals surface area contributed by atoms with Gasteiger partial charge in [-0.15, -0.1) is 5.10 Å². The van der Waals surface area contributed by atoms with Crippen molar-refractivity contribution in [3.63, 3.8) is 0 Å². The van der Waals surface area contributed by atoms with Crippen LogP contribution < -0.4 is 11.3 Å². The predicted molar refractivity (Wildman–Crippen MR) is 74.0 cm³/mol. The Morgan fingerprint density at radius 1 is 1.42 bits per heavy atom. The maximum absolute atomic E-state index is 5.72. The lowest BCUT2D eigenvalue weighted by Gasteiger charge is -2.19. The van der Waals surface area contributed by atoms with Crippen LogP contribution in [0.25, 0.3) is 0 Å². The Kier molecular flexibility index (Phi) is 4.23. The number of aromatic nitrogens is 5. The van der Waals surface area contributed by atoms with Crippen molar-refractivity contribution in [1.29, 1.82) is 0 Å². The van der Waals surface area contributed by atoms with E-state index < -0.39 is 0 Å². The second kappa shape index (κ2) is 5.72. The molecule has 0 spiro atoms. The number of nitrogens with two attached hydrogens (primary N) is 1. The summed E-state index contributed by atoms with van der Waals surface area (Å²) in [5.74, 6) is 5.72. The summed E-state index contributed by atoms with van der Waals surface area (Å²) in [7, 11) is 1.82. The first-order valence-corrected chi connectivity index (χ1v) is 6.72. The summed E-state index contributed by atoms with van der Waals surface area (Å²) in [6, 6.07) is 1.74. The number of nitrogens with one attached hydrogen (secondary N) is 1. The average Bonchev–Trinajstić information content (AvgIpc) is 2.72. The van der Waals surface area contributed by atoms with Crippen LogP contribution in [0, 0.1) is 6.92 Å². The fraction of sp³-hybridized carbons (Fsp3) is 0.455. The SMILES string of the molecule is CCc1nnc(C)cc1C(NN)c1c(Br)nnn1C. The molecule has 0 amide bonds. The molecule has 3 N–H and O–H groups in total. The Morgan fingerprint density at radius 2 is 2.16 bits per heavy atom. The molecule has 2 heterocycles. The summed E-state index contributed by atoms with van der Waals surface area (Å²) >= 11 is 3.39. The van der Waals surface area contributed by atoms with Crippen LogP contribution in [0.5, 0.6) is 0 Å². The molecule has 0 aromatic carbocycles. The van der Waals surface area contributed by atoms with Gasteiger partial charge in [-0.3, -0.25) is 5.84 Å². The highest BCUT2D eigenvalue weighted by Crippen LogP contribution is 2.27. The van der Waals surface area contributed by atoms with Crippen molar-refractivity contribution >= 4 is 15.9 Å². The zero-order valence-electron chi connectivity index (χ0n) is 11.1. The Morgan fingerprint density at radius 3 is 2.68 bits per heavy atom. The zero-order valence-corrected chi connectivity index (χ0v) is 12.6. The van der Waals surface area contributed by atoms with Crippen molar-refractivity contribution in [2.75, 3.05) is 0 Å². The first kappa shape index (κ1) is 14.0. The molecule has 19 heavy (non-hydrogen) atoms. The van der Waals surface area contributed by atoms with Gasteiger partial charge in [-0.2, -0.15) is 10.2 Å². The van der Waals surface area contributed by atoms with Gasteiger partial charge in [0.05, 0.1) is 23.1 Å². The van der Waals surface area contributed by atoms with Crippen LogP contribution in [0.15, 0.2) is 10.7 Å². The number of nitrogens with zero attached hydrogens (tertiary/aromatic N) is 5. The third kappa shape index (κ3) is 2.65. The van der Waals surface area contributed by atoms with Crippen LogP contribution in [-0.4, -0.2) is 25.2 Å². The highest BCUT2D eigenvalue weighted by atomic mass is 79.9. The van der Waals surface area contributed by atoms with Crippen molar-refractivity contribution in [1.82, 2.24) is 30.6 Å². The molecular formula is C11H16BrN7. The molecule has 2 aromatic rings. The third-order valence-corrected chi connectivity index (χ3v) is 3.50. The summed E-state index contributed by atoms with van der Waals surface area (Å²) < 4.78 is 2.35. The van der Waals surface area contributed by atoms with E-state index >= 15 is 0 Å². The fourth-order valence-electron chi connectivity index (χ4n) is 2.02. The van der Waals surface area contributed by atoms with Crippen LogP contribution in [-0.2, 0) is 13.5 Å². The second-order valence-electron chi connectivity index (χ2n) is 4.23. The molecule has 8 heteroatoms. The second-order valence-corrected chi connectivity index (χ2v) is 4.98. The van der Waals surface area contributed by atoms with Crippen molar-refractivity contribution in [2.45, 2.75) is 26.3 Å². The Hall–Kier alpha value is -1.38. The predicted octanol–water partition coefficient (Wildman–Crippen LogP) is 0.791. The van der Waals surface area contributed by atoms with Crippen molar-refractivity contribution in [2.24, 2.45) is 12.9 Å². The highest BCUT2D eigenvalue weighted by molar-refractivity contribution is 9.10. The minimum Gasteiger partial charge on any atom is -0.271 e. The third-order valence-electron chi connectivity index (χ3n) is 2.94. The topological polar surface area (TPSA) is 94.5 Å². The van der Waals surface area contributed by atoms with E-state index in [2.05, 4.69) is 41.9 Å². The molecule has 102 valence electrons. The van der Waals surface area contributed by atoms with Gasteiger partial charge in [-0.25, -0.2) is 10.1 Å². The Balaban J connectivity index is 2.57. The molecule has 0 fully saturated rings. The number of rotatable bonds is 4. The summed E-state index contributed by atoms with van der Waals surface area (Å²) in [6.45, 7) is 3.94. The van der Waals surface area contributed by atoms with Gasteiger partial charge in [-0.05, 0) is 35.3 Å². The average molecular weight is 326 g/mol. The molecule has 2 rings (SSSR count). The van der Waals surface area contributed by atoms with Gasteiger partial charge in [0.1, 0.15) is 0 Å². The van der Waals surface area contributed by atoms with Gasteiger partial charge in [0.25, 0.3) is 0 Å². The largest absolute Gasteiger partial charge is 0.271 e. The van der Waals surface area contributed by atoms with Gasteiger partial charge in [0.15, 0.2) is 4.60 Å². The number of hydrogen-bond donors (Lipinski definition) is 2. The van der Waals surface area contributed by atoms with Crippen molar-refractivity contribution < 1.29 is 0 Å². The van der Waals surface area contributed by atoms with E-state index in [-0.39, 0.29) is 6.04 Å². The van der Waals surface area contributed by atoms with Crippen LogP contribution in [0.4, 0.5) is 0 Å². The maximum Gasteiger partial charge on any atom is 0.153 e. The smallest absolute Gasteiger partial charge is 0.153 e. The molecule has 0 aliphatic rings. The molecule has 0 radical (unpaired) electrons. The fourth-order valence-corrected chi connectivity index (χ4v) is 2.58. The van der Waals surface area contributed by atoms with Gasteiger partial charge in [0, 0.05) is 12.6 Å². The van der Waals surface area contributed by atoms with E-state index in [1.165, 1.54) is 0 Å². The van der Waals surface area contributed by atoms with Crippen molar-refractivity contribution in [3.05, 3.63) is 33.3 Å². The lowest BCUT2D eigenvalue weighted by molar-refractivity contribution is 0.561. The van der Waals surface area contributed by atoms with E-state index in [9.17, 15) is 0 Å². The minimum atomic E-state index is -0.237. The van der Waals surface area contributed by atoms with Crippen LogP contribution >= 0.6 is 15.9 Å². The number of hydrogen-bond acceptors (Lipinski definition) is 6. The van der Waals surface area contributed by atoms with E-state index in [1.807, 2.05) is 27.0 Å². The lowest BCUT2D eigenvalue weighted by Crippen LogP contribution is -2.31. The number of aryl methyl sites for hydroxylation is 3. The quantitative estimate of drug-likeness (QED) is 0.637. The maximum atomic E-state index is 5.72. The van der Waals surface area contributed by atoms with Crippen LogP contribution in [0.3, 0.4) is 0 Å². The monoisotopic (exact) mass is 325 g/mol. The first-order chi connectivity index (χ1) is 9.08. The number of hydrazine groups is 1. The summed E-state index contributed by atoms with van der Waals surface area (Å²) in [4.78, 5) is 0. The molecule has 0 saturated heterocycles. The molecule has 0 aliphatic carbocycles. The summed E-state index contributed by atoms with van der Waals surface area (Å²) in [5.41, 5.74) is 6.40. The van der Waals surface area contributed by atoms with Crippen LogP contribution in [0.1, 0.15) is 35.6 Å². The Labute approximate surface area is 119 Å². The van der Waals surface area contributed by atoms with Gasteiger partial charge < -0.3 is 0 Å². The van der Waals surface area contributed by atoms with E-state index in [4.69, 9.17) is 5.84 Å². The Bertz CT molecular complexity index is 561. The zero-order chi connectivity index (χ0) is 14.0. The van der Waals surface area contributed by atoms with E-state index in [0.29, 0.717) is 4.60 Å². The molecule has 0 saturated carbocycles. The lowest BCUT2D eigenvalue weighted by atomic mass is 10.0. The van der Waals surface area contributed by atoms with Gasteiger partial charge >= 0.3 is 0 Å². The number of halogens is 1. The minimum absolute atomic E-state index is 0.237. The molecular weight excluding hydrogens is 310 g/mol. The molecule has 0 aliphatic heterocycles. The van der Waals surface area contributed by atoms with Gasteiger partial charge in [-0.1, -0.05) is 12.1 Å². The van der Waals surface area contributed by atoms with Crippen molar-refractivity contribution in [3.8, 4) is 0 Å². The standard InChI is InChI=1S/C11H16BrN7/c1-4-8-7(5-6(2)15-16-8)9(14-13)10-11(12)17-18-19(10)3/h5,9,14H,4,13H2,1-3H3. The molecule has 1 unspecified atom stereocenters.